The molecule has 29 heavy (non-hydrogen) atoms. The first-order valence-corrected chi connectivity index (χ1v) is 10.2. The van der Waals surface area contributed by atoms with Gasteiger partial charge in [-0.1, -0.05) is 0 Å². The highest BCUT2D eigenvalue weighted by Gasteiger charge is 2.27. The number of benzene rings is 1. The van der Waals surface area contributed by atoms with E-state index in [1.165, 1.54) is 6.20 Å². The summed E-state index contributed by atoms with van der Waals surface area (Å²) in [5, 5.41) is 5.13. The van der Waals surface area contributed by atoms with Gasteiger partial charge in [-0.2, -0.15) is 4.39 Å². The largest absolute Gasteiger partial charge is 0.357 e. The van der Waals surface area contributed by atoms with E-state index < -0.39 is 17.8 Å². The maximum atomic E-state index is 14.6. The Morgan fingerprint density at radius 3 is 2.59 bits per heavy atom. The van der Waals surface area contributed by atoms with Gasteiger partial charge in [0.2, 0.25) is 5.95 Å². The summed E-state index contributed by atoms with van der Waals surface area (Å²) in [4.78, 5) is 32.7. The van der Waals surface area contributed by atoms with Crippen molar-refractivity contribution >= 4 is 51.5 Å². The van der Waals surface area contributed by atoms with E-state index in [2.05, 4.69) is 50.2 Å². The minimum Gasteiger partial charge on any atom is -0.357 e. The first kappa shape index (κ1) is 19.8. The van der Waals surface area contributed by atoms with E-state index in [1.54, 1.807) is 30.3 Å². The molecule has 9 heteroatoms. The van der Waals surface area contributed by atoms with E-state index in [-0.39, 0.29) is 11.3 Å². The number of likely N-dealkylation sites (N-methyl/N-ethyl adjacent to an activating group) is 1. The van der Waals surface area contributed by atoms with Crippen LogP contribution in [-0.2, 0) is 4.79 Å². The lowest BCUT2D eigenvalue weighted by Crippen LogP contribution is -2.44. The zero-order valence-corrected chi connectivity index (χ0v) is 17.9. The summed E-state index contributed by atoms with van der Waals surface area (Å²) in [5.74, 6) is -1.02. The van der Waals surface area contributed by atoms with Crippen molar-refractivity contribution in [3.05, 3.63) is 57.2 Å². The van der Waals surface area contributed by atoms with Crippen LogP contribution in [0, 0.1) is 9.52 Å². The number of pyridine rings is 1. The van der Waals surface area contributed by atoms with Gasteiger partial charge in [0, 0.05) is 47.1 Å². The molecule has 1 aromatic carbocycles. The lowest BCUT2D eigenvalue weighted by Gasteiger charge is -2.33. The third-order valence-electron chi connectivity index (χ3n) is 5.02. The Morgan fingerprint density at radius 1 is 1.10 bits per heavy atom. The number of halogens is 2. The van der Waals surface area contributed by atoms with Crippen molar-refractivity contribution in [1.29, 1.82) is 0 Å². The molecule has 0 atom stereocenters. The van der Waals surface area contributed by atoms with Gasteiger partial charge in [0.05, 0.1) is 11.3 Å². The van der Waals surface area contributed by atoms with Crippen molar-refractivity contribution in [2.24, 2.45) is 0 Å². The minimum absolute atomic E-state index is 0.159. The number of rotatable bonds is 3. The fourth-order valence-electron chi connectivity index (χ4n) is 3.33. The molecular weight excluding hydrogens is 488 g/mol. The lowest BCUT2D eigenvalue weighted by atomic mass is 9.96. The van der Waals surface area contributed by atoms with Crippen LogP contribution >= 0.6 is 22.6 Å². The van der Waals surface area contributed by atoms with Crippen LogP contribution in [0.1, 0.15) is 15.9 Å². The molecule has 0 spiro atoms. The third-order valence-corrected chi connectivity index (χ3v) is 5.69. The zero-order valence-electron chi connectivity index (χ0n) is 15.7. The molecule has 1 saturated heterocycles. The summed E-state index contributed by atoms with van der Waals surface area (Å²) in [7, 11) is 2.06. The second kappa shape index (κ2) is 8.07. The molecule has 0 bridgehead atoms. The average molecular weight is 507 g/mol. The molecule has 150 valence electrons. The van der Waals surface area contributed by atoms with E-state index in [4.69, 9.17) is 0 Å². The van der Waals surface area contributed by atoms with Gasteiger partial charge in [-0.05, 0) is 60.0 Å². The topological polar surface area (TPSA) is 77.6 Å². The van der Waals surface area contributed by atoms with Crippen LogP contribution in [0.25, 0.3) is 5.57 Å². The van der Waals surface area contributed by atoms with Gasteiger partial charge in [0.1, 0.15) is 5.82 Å². The maximum absolute atomic E-state index is 14.6. The molecule has 0 aliphatic carbocycles. The number of hydrogen-bond donors (Lipinski definition) is 2. The smallest absolute Gasteiger partial charge is 0.260 e. The minimum atomic E-state index is -0.645. The molecule has 1 fully saturated rings. The average Bonchev–Trinajstić information content (AvgIpc) is 2.69. The molecule has 0 radical (unpaired) electrons. The number of aromatic nitrogens is 1. The molecule has 1 aromatic heterocycles. The van der Waals surface area contributed by atoms with Crippen molar-refractivity contribution in [3.8, 4) is 0 Å². The first-order chi connectivity index (χ1) is 13.9. The number of anilines is 2. The van der Waals surface area contributed by atoms with Gasteiger partial charge >= 0.3 is 0 Å². The van der Waals surface area contributed by atoms with Crippen LogP contribution in [0.2, 0.25) is 0 Å². The second-order valence-corrected chi connectivity index (χ2v) is 8.22. The van der Waals surface area contributed by atoms with Gasteiger partial charge in [0.15, 0.2) is 0 Å². The summed E-state index contributed by atoms with van der Waals surface area (Å²) < 4.78 is 15.4. The van der Waals surface area contributed by atoms with Crippen LogP contribution in [0.4, 0.5) is 15.9 Å². The monoisotopic (exact) mass is 507 g/mol. The number of fused-ring (bicyclic) bond motifs is 1. The highest BCUT2D eigenvalue weighted by Crippen LogP contribution is 2.27. The van der Waals surface area contributed by atoms with Gasteiger partial charge in [-0.25, -0.2) is 4.98 Å². The van der Waals surface area contributed by atoms with Gasteiger partial charge in [-0.15, -0.1) is 0 Å². The fraction of sp³-hybridized carbons (Fsp3) is 0.250. The number of hydrogen-bond acceptors (Lipinski definition) is 6. The predicted molar refractivity (Wildman–Crippen MR) is 117 cm³/mol. The molecule has 4 rings (SSSR count). The number of nitrogens with one attached hydrogen (secondary N) is 2. The number of carbonyl (C=O) groups is 2. The Kier molecular flexibility index (Phi) is 5.50. The number of amides is 2. The van der Waals surface area contributed by atoms with E-state index in [0.29, 0.717) is 16.9 Å². The van der Waals surface area contributed by atoms with Crippen molar-refractivity contribution in [1.82, 2.24) is 15.2 Å². The van der Waals surface area contributed by atoms with Crippen LogP contribution in [-0.4, -0.2) is 54.9 Å². The molecule has 2 aromatic rings. The van der Waals surface area contributed by atoms with E-state index in [0.717, 1.165) is 29.7 Å². The second-order valence-electron chi connectivity index (χ2n) is 6.97. The Hall–Kier alpha value is -2.53. The maximum Gasteiger partial charge on any atom is 0.260 e. The molecular formula is C20H19FIN5O2. The van der Waals surface area contributed by atoms with E-state index in [1.807, 2.05) is 4.90 Å². The highest BCUT2D eigenvalue weighted by molar-refractivity contribution is 14.1. The Bertz CT molecular complexity index is 1020. The SMILES string of the molecule is CN1CCN(c2ccc(NC=C3C(=O)NC(=O)c4ccc(I)cc43)c(F)n2)CC1. The summed E-state index contributed by atoms with van der Waals surface area (Å²) in [6, 6.07) is 8.58. The van der Waals surface area contributed by atoms with Crippen LogP contribution in [0.3, 0.4) is 0 Å². The Morgan fingerprint density at radius 2 is 1.86 bits per heavy atom. The number of nitrogens with zero attached hydrogens (tertiary/aromatic N) is 3. The molecule has 7 nitrogen and oxygen atoms in total. The van der Waals surface area contributed by atoms with Crippen LogP contribution in [0.15, 0.2) is 36.5 Å². The van der Waals surface area contributed by atoms with Crippen molar-refractivity contribution in [2.45, 2.75) is 0 Å². The third kappa shape index (κ3) is 4.10. The van der Waals surface area contributed by atoms with Crippen LogP contribution < -0.4 is 15.5 Å². The van der Waals surface area contributed by atoms with E-state index in [9.17, 15) is 14.0 Å². The predicted octanol–water partition coefficient (Wildman–Crippen LogP) is 2.30. The number of carbonyl (C=O) groups excluding carboxylic acids is 2. The quantitative estimate of drug-likeness (QED) is 0.288. The number of imide groups is 1. The zero-order chi connectivity index (χ0) is 20.5. The van der Waals surface area contributed by atoms with Crippen molar-refractivity contribution in [2.75, 3.05) is 43.4 Å². The van der Waals surface area contributed by atoms with E-state index >= 15 is 0 Å². The first-order valence-electron chi connectivity index (χ1n) is 9.15. The Balaban J connectivity index is 1.58. The molecule has 2 aliphatic rings. The van der Waals surface area contributed by atoms with Gasteiger partial charge < -0.3 is 15.1 Å². The molecule has 2 amide bonds. The van der Waals surface area contributed by atoms with Crippen molar-refractivity contribution < 1.29 is 14.0 Å². The lowest BCUT2D eigenvalue weighted by molar-refractivity contribution is -0.114. The molecule has 2 N–H and O–H groups in total. The summed E-state index contributed by atoms with van der Waals surface area (Å²) in [5.41, 5.74) is 1.34. The highest BCUT2D eigenvalue weighted by atomic mass is 127. The fourth-order valence-corrected chi connectivity index (χ4v) is 3.83. The van der Waals surface area contributed by atoms with Crippen molar-refractivity contribution in [3.63, 3.8) is 0 Å². The summed E-state index contributed by atoms with van der Waals surface area (Å²) in [6.07, 6.45) is 1.41. The number of piperazine rings is 1. The molecule has 0 saturated carbocycles. The summed E-state index contributed by atoms with van der Waals surface area (Å²) >= 11 is 2.11. The molecule has 3 heterocycles. The standard InChI is InChI=1S/C20H19FIN5O2/c1-26-6-8-27(9-7-26)17-5-4-16(18(21)24-17)23-11-15-14-10-12(22)2-3-13(14)19(28)25-20(15)29/h2-5,10-11,23H,6-9H2,1H3,(H,25,28,29). The Labute approximate surface area is 181 Å². The normalized spacial score (nSPS) is 18.6. The van der Waals surface area contributed by atoms with Crippen LogP contribution in [0.5, 0.6) is 0 Å². The van der Waals surface area contributed by atoms with Gasteiger partial charge in [-0.3, -0.25) is 14.9 Å². The van der Waals surface area contributed by atoms with Gasteiger partial charge in [0.25, 0.3) is 11.8 Å². The molecule has 2 aliphatic heterocycles. The summed E-state index contributed by atoms with van der Waals surface area (Å²) in [6.45, 7) is 3.40. The molecule has 0 unspecified atom stereocenters.